The Morgan fingerprint density at radius 3 is 2.85 bits per heavy atom. The number of carbonyl (C=O) groups excluding carboxylic acids is 1. The summed E-state index contributed by atoms with van der Waals surface area (Å²) in [5.41, 5.74) is 0.110. The highest BCUT2D eigenvalue weighted by atomic mass is 32.2. The maximum absolute atomic E-state index is 13.4. The fraction of sp³-hybridized carbons (Fsp3) is 0.588. The summed E-state index contributed by atoms with van der Waals surface area (Å²) in [5.74, 6) is -1.03. The zero-order chi connectivity index (χ0) is 19.2. The van der Waals surface area contributed by atoms with E-state index >= 15 is 0 Å². The maximum atomic E-state index is 13.4. The number of likely N-dealkylation sites (tertiary alicyclic amines) is 1. The molecule has 0 aliphatic carbocycles. The average Bonchev–Trinajstić information content (AvgIpc) is 2.59. The van der Waals surface area contributed by atoms with E-state index in [1.54, 1.807) is 0 Å². The largest absolute Gasteiger partial charge is 0.395 e. The molecule has 1 saturated heterocycles. The Kier molecular flexibility index (Phi) is 7.36. The third-order valence-electron chi connectivity index (χ3n) is 4.46. The summed E-state index contributed by atoms with van der Waals surface area (Å²) in [7, 11) is -3.73. The molecule has 0 aromatic heterocycles. The number of anilines is 1. The fourth-order valence-electron chi connectivity index (χ4n) is 3.12. The number of hydrogen-bond acceptors (Lipinski definition) is 5. The van der Waals surface area contributed by atoms with E-state index in [1.807, 2.05) is 0 Å². The van der Waals surface area contributed by atoms with Gasteiger partial charge in [-0.05, 0) is 37.6 Å². The summed E-state index contributed by atoms with van der Waals surface area (Å²) < 4.78 is 38.2. The van der Waals surface area contributed by atoms with E-state index in [0.29, 0.717) is 13.1 Å². The predicted octanol–water partition coefficient (Wildman–Crippen LogP) is 0.555. The molecule has 1 aromatic rings. The Morgan fingerprint density at radius 2 is 2.19 bits per heavy atom. The van der Waals surface area contributed by atoms with Crippen molar-refractivity contribution in [1.82, 2.24) is 10.2 Å². The van der Waals surface area contributed by atoms with Gasteiger partial charge in [0.1, 0.15) is 12.4 Å². The van der Waals surface area contributed by atoms with Crippen LogP contribution in [0.4, 0.5) is 10.1 Å². The van der Waals surface area contributed by atoms with Gasteiger partial charge in [-0.25, -0.2) is 12.8 Å². The number of nitrogens with zero attached hydrogens (tertiary/aromatic N) is 2. The molecule has 0 saturated carbocycles. The van der Waals surface area contributed by atoms with Crippen LogP contribution in [0.5, 0.6) is 0 Å². The van der Waals surface area contributed by atoms with Crippen LogP contribution in [0.2, 0.25) is 0 Å². The van der Waals surface area contributed by atoms with Gasteiger partial charge in [0.2, 0.25) is 15.9 Å². The molecule has 1 aliphatic rings. The number of hydrogen-bond donors (Lipinski definition) is 2. The Morgan fingerprint density at radius 1 is 1.42 bits per heavy atom. The number of piperidine rings is 1. The van der Waals surface area contributed by atoms with Crippen LogP contribution in [0.25, 0.3) is 0 Å². The zero-order valence-corrected chi connectivity index (χ0v) is 15.7. The number of rotatable bonds is 8. The SMILES string of the molecule is CS(=O)(=O)N(CC(=O)NCCN1CCCCC1CO)c1cccc(F)c1. The first-order valence-electron chi connectivity index (χ1n) is 8.66. The highest BCUT2D eigenvalue weighted by Gasteiger charge is 2.23. The molecule has 7 nitrogen and oxygen atoms in total. The number of aliphatic hydroxyl groups excluding tert-OH is 1. The normalized spacial score (nSPS) is 18.5. The van der Waals surface area contributed by atoms with Gasteiger partial charge in [-0.2, -0.15) is 0 Å². The van der Waals surface area contributed by atoms with Crippen molar-refractivity contribution in [3.63, 3.8) is 0 Å². The van der Waals surface area contributed by atoms with Gasteiger partial charge in [-0.3, -0.25) is 14.0 Å². The predicted molar refractivity (Wildman–Crippen MR) is 97.9 cm³/mol. The van der Waals surface area contributed by atoms with Crippen LogP contribution < -0.4 is 9.62 Å². The second-order valence-electron chi connectivity index (χ2n) is 6.47. The molecule has 1 heterocycles. The van der Waals surface area contributed by atoms with E-state index in [1.165, 1.54) is 18.2 Å². The molecule has 1 fully saturated rings. The van der Waals surface area contributed by atoms with Gasteiger partial charge in [-0.15, -0.1) is 0 Å². The van der Waals surface area contributed by atoms with Crippen molar-refractivity contribution in [2.75, 3.05) is 43.3 Å². The van der Waals surface area contributed by atoms with Gasteiger partial charge in [0, 0.05) is 19.1 Å². The molecule has 9 heteroatoms. The van der Waals surface area contributed by atoms with Crippen molar-refractivity contribution in [2.24, 2.45) is 0 Å². The molecule has 1 atom stereocenters. The summed E-state index contributed by atoms with van der Waals surface area (Å²) in [5, 5.41) is 12.1. The average molecular weight is 387 g/mol. The second-order valence-corrected chi connectivity index (χ2v) is 8.37. The molecule has 0 spiro atoms. The van der Waals surface area contributed by atoms with Crippen LogP contribution in [0.15, 0.2) is 24.3 Å². The van der Waals surface area contributed by atoms with E-state index in [9.17, 15) is 22.7 Å². The minimum Gasteiger partial charge on any atom is -0.395 e. The first kappa shape index (κ1) is 20.6. The minimum atomic E-state index is -3.73. The van der Waals surface area contributed by atoms with Crippen molar-refractivity contribution >= 4 is 21.6 Å². The standard InChI is InChI=1S/C17H26FN3O4S/c1-26(24,25)21(15-7-4-5-14(18)11-15)12-17(23)19-8-10-20-9-3-2-6-16(20)13-22/h4-5,7,11,16,22H,2-3,6,8-10,12-13H2,1H3,(H,19,23). The molecule has 1 aromatic carbocycles. The smallest absolute Gasteiger partial charge is 0.240 e. The highest BCUT2D eigenvalue weighted by molar-refractivity contribution is 7.92. The molecule has 1 amide bonds. The lowest BCUT2D eigenvalue weighted by Gasteiger charge is -2.34. The van der Waals surface area contributed by atoms with Gasteiger partial charge in [0.05, 0.1) is 18.6 Å². The Bertz CT molecular complexity index is 714. The Hall–Kier alpha value is -1.71. The third-order valence-corrected chi connectivity index (χ3v) is 5.61. The highest BCUT2D eigenvalue weighted by Crippen LogP contribution is 2.18. The van der Waals surface area contributed by atoms with Gasteiger partial charge in [-0.1, -0.05) is 12.5 Å². The van der Waals surface area contributed by atoms with Gasteiger partial charge in [0.15, 0.2) is 0 Å². The van der Waals surface area contributed by atoms with Crippen LogP contribution in [-0.4, -0.2) is 69.4 Å². The quantitative estimate of drug-likeness (QED) is 0.680. The molecular weight excluding hydrogens is 361 g/mol. The fourth-order valence-corrected chi connectivity index (χ4v) is 3.97. The first-order valence-corrected chi connectivity index (χ1v) is 10.5. The molecule has 146 valence electrons. The van der Waals surface area contributed by atoms with Crippen LogP contribution >= 0.6 is 0 Å². The van der Waals surface area contributed by atoms with Crippen molar-refractivity contribution in [1.29, 1.82) is 0 Å². The molecule has 26 heavy (non-hydrogen) atoms. The van der Waals surface area contributed by atoms with Crippen LogP contribution in [0, 0.1) is 5.82 Å². The van der Waals surface area contributed by atoms with Crippen molar-refractivity contribution < 1.29 is 22.7 Å². The molecule has 0 radical (unpaired) electrons. The lowest BCUT2D eigenvalue weighted by Crippen LogP contribution is -2.47. The topological polar surface area (TPSA) is 90.0 Å². The lowest BCUT2D eigenvalue weighted by molar-refractivity contribution is -0.119. The summed E-state index contributed by atoms with van der Waals surface area (Å²) in [6.45, 7) is 1.51. The summed E-state index contributed by atoms with van der Waals surface area (Å²) in [4.78, 5) is 14.3. The third kappa shape index (κ3) is 5.93. The van der Waals surface area contributed by atoms with Crippen LogP contribution in [0.1, 0.15) is 19.3 Å². The summed E-state index contributed by atoms with van der Waals surface area (Å²) in [6.07, 6.45) is 4.06. The van der Waals surface area contributed by atoms with E-state index in [4.69, 9.17) is 0 Å². The number of benzene rings is 1. The lowest BCUT2D eigenvalue weighted by atomic mass is 10.0. The zero-order valence-electron chi connectivity index (χ0n) is 14.9. The monoisotopic (exact) mass is 387 g/mol. The van der Waals surface area contributed by atoms with Crippen molar-refractivity contribution in [3.8, 4) is 0 Å². The molecular formula is C17H26FN3O4S. The minimum absolute atomic E-state index is 0.0926. The Labute approximate surface area is 153 Å². The number of nitrogens with one attached hydrogen (secondary N) is 1. The maximum Gasteiger partial charge on any atom is 0.240 e. The number of sulfonamides is 1. The van der Waals surface area contributed by atoms with Gasteiger partial charge >= 0.3 is 0 Å². The van der Waals surface area contributed by atoms with Crippen LogP contribution in [0.3, 0.4) is 0 Å². The number of aliphatic hydroxyl groups is 1. The number of halogens is 1. The second kappa shape index (κ2) is 9.29. The van der Waals surface area contributed by atoms with E-state index < -0.39 is 28.3 Å². The molecule has 0 bridgehead atoms. The molecule has 2 rings (SSSR count). The van der Waals surface area contributed by atoms with E-state index in [0.717, 1.165) is 42.4 Å². The van der Waals surface area contributed by atoms with Crippen molar-refractivity contribution in [3.05, 3.63) is 30.1 Å². The summed E-state index contributed by atoms with van der Waals surface area (Å²) in [6, 6.07) is 5.23. The molecule has 2 N–H and O–H groups in total. The number of amides is 1. The van der Waals surface area contributed by atoms with Crippen molar-refractivity contribution in [2.45, 2.75) is 25.3 Å². The summed E-state index contributed by atoms with van der Waals surface area (Å²) >= 11 is 0. The first-order chi connectivity index (χ1) is 12.3. The molecule has 1 unspecified atom stereocenters. The van der Waals surface area contributed by atoms with E-state index in [-0.39, 0.29) is 18.3 Å². The van der Waals surface area contributed by atoms with E-state index in [2.05, 4.69) is 10.2 Å². The Balaban J connectivity index is 1.91. The van der Waals surface area contributed by atoms with Gasteiger partial charge < -0.3 is 10.4 Å². The van der Waals surface area contributed by atoms with Crippen LogP contribution in [-0.2, 0) is 14.8 Å². The number of carbonyl (C=O) groups is 1. The van der Waals surface area contributed by atoms with Gasteiger partial charge in [0.25, 0.3) is 0 Å². The molecule has 1 aliphatic heterocycles.